The summed E-state index contributed by atoms with van der Waals surface area (Å²) in [6.45, 7) is 6.77. The Bertz CT molecular complexity index is 1870. The summed E-state index contributed by atoms with van der Waals surface area (Å²) in [5, 5.41) is 9.49. The number of unbranched alkanes of at least 4 members (excludes halogenated alkanes) is 6. The molecule has 2 aliphatic heterocycles. The van der Waals surface area contributed by atoms with E-state index < -0.39 is 0 Å². The summed E-state index contributed by atoms with van der Waals surface area (Å²) in [6.07, 6.45) is 22.2. The predicted octanol–water partition coefficient (Wildman–Crippen LogP) is 11.4. The topological polar surface area (TPSA) is 81.1 Å². The standard InChI is InChI=1S/C42H47N5/c1-4-7-10-13-31-34-20-22-36(44-34)32(14-11-8-5-2)38-24-26-40(46-38)42(30-18-16-29(28-43)17-19-30)41-27-25-39(47-41)33(15-12-9-6-3)37-23-21-35(31)45-37/h16-27,46-47H,4-15H2,1-3H3. The van der Waals surface area contributed by atoms with Gasteiger partial charge in [-0.1, -0.05) is 71.4 Å². The van der Waals surface area contributed by atoms with E-state index in [0.29, 0.717) is 5.56 Å². The number of fused-ring (bicyclic) bond motifs is 8. The summed E-state index contributed by atoms with van der Waals surface area (Å²) < 4.78 is 0. The average Bonchev–Trinajstić information content (AvgIpc) is 3.93. The van der Waals surface area contributed by atoms with Crippen molar-refractivity contribution < 1.29 is 0 Å². The van der Waals surface area contributed by atoms with Crippen LogP contribution in [0.25, 0.3) is 57.5 Å². The van der Waals surface area contributed by atoms with E-state index in [-0.39, 0.29) is 0 Å². The van der Waals surface area contributed by atoms with Gasteiger partial charge in [0.05, 0.1) is 34.4 Å². The van der Waals surface area contributed by atoms with E-state index >= 15 is 0 Å². The average molecular weight is 622 g/mol. The van der Waals surface area contributed by atoms with Gasteiger partial charge in [-0.05, 0) is 105 Å². The normalized spacial score (nSPS) is 12.1. The Kier molecular flexibility index (Phi) is 10.5. The molecule has 0 fully saturated rings. The molecule has 0 aliphatic carbocycles. The molecular formula is C42H47N5. The van der Waals surface area contributed by atoms with Gasteiger partial charge in [0.2, 0.25) is 0 Å². The first-order chi connectivity index (χ1) is 23.1. The minimum Gasteiger partial charge on any atom is -0.355 e. The molecule has 1 aromatic carbocycles. The van der Waals surface area contributed by atoms with Crippen molar-refractivity contribution in [2.45, 2.75) is 97.8 Å². The van der Waals surface area contributed by atoms with Crippen LogP contribution >= 0.6 is 0 Å². The Labute approximate surface area is 279 Å². The molecule has 8 bridgehead atoms. The Morgan fingerprint density at radius 1 is 0.511 bits per heavy atom. The maximum absolute atomic E-state index is 9.49. The van der Waals surface area contributed by atoms with Crippen molar-refractivity contribution >= 4 is 46.4 Å². The number of nitrogens with zero attached hydrogens (tertiary/aromatic N) is 3. The molecule has 0 radical (unpaired) electrons. The predicted molar refractivity (Wildman–Crippen MR) is 199 cm³/mol. The first kappa shape index (κ1) is 32.3. The molecule has 240 valence electrons. The van der Waals surface area contributed by atoms with Crippen LogP contribution in [0.3, 0.4) is 0 Å². The maximum Gasteiger partial charge on any atom is 0.0991 e. The number of nitrogens with one attached hydrogen (secondary N) is 2. The molecule has 4 aromatic rings. The van der Waals surface area contributed by atoms with Crippen molar-refractivity contribution in [3.63, 3.8) is 0 Å². The molecule has 2 aliphatic rings. The highest BCUT2D eigenvalue weighted by atomic mass is 14.8. The van der Waals surface area contributed by atoms with Crippen LogP contribution in [0.4, 0.5) is 0 Å². The van der Waals surface area contributed by atoms with Crippen LogP contribution in [-0.2, 0) is 19.3 Å². The molecule has 0 saturated carbocycles. The van der Waals surface area contributed by atoms with Gasteiger partial charge in [0, 0.05) is 44.3 Å². The van der Waals surface area contributed by atoms with E-state index in [0.717, 1.165) is 94.5 Å². The zero-order chi connectivity index (χ0) is 32.6. The molecule has 5 heterocycles. The van der Waals surface area contributed by atoms with E-state index in [9.17, 15) is 5.26 Å². The second kappa shape index (κ2) is 15.3. The van der Waals surface area contributed by atoms with Crippen LogP contribution < -0.4 is 0 Å². The lowest BCUT2D eigenvalue weighted by molar-refractivity contribution is 0.712. The molecule has 0 amide bonds. The number of H-pyrrole nitrogens is 2. The molecular weight excluding hydrogens is 574 g/mol. The van der Waals surface area contributed by atoms with Gasteiger partial charge in [0.15, 0.2) is 0 Å². The van der Waals surface area contributed by atoms with Crippen LogP contribution in [0.2, 0.25) is 0 Å². The molecule has 0 unspecified atom stereocenters. The number of aromatic nitrogens is 4. The van der Waals surface area contributed by atoms with E-state index in [4.69, 9.17) is 9.97 Å². The molecule has 0 atom stereocenters. The highest BCUT2D eigenvalue weighted by Crippen LogP contribution is 2.32. The molecule has 0 spiro atoms. The number of aryl methyl sites for hydroxylation is 2. The number of rotatable bonds is 13. The monoisotopic (exact) mass is 621 g/mol. The zero-order valence-corrected chi connectivity index (χ0v) is 28.3. The summed E-state index contributed by atoms with van der Waals surface area (Å²) in [5.41, 5.74) is 15.0. The van der Waals surface area contributed by atoms with Gasteiger partial charge in [0.25, 0.3) is 0 Å². The Morgan fingerprint density at radius 2 is 0.915 bits per heavy atom. The van der Waals surface area contributed by atoms with Gasteiger partial charge < -0.3 is 9.97 Å². The quantitative estimate of drug-likeness (QED) is 0.126. The van der Waals surface area contributed by atoms with E-state index in [1.807, 2.05) is 12.1 Å². The molecule has 5 nitrogen and oxygen atoms in total. The van der Waals surface area contributed by atoms with E-state index in [1.165, 1.54) is 55.2 Å². The van der Waals surface area contributed by atoms with Gasteiger partial charge in [-0.3, -0.25) is 0 Å². The maximum atomic E-state index is 9.49. The van der Waals surface area contributed by atoms with Crippen molar-refractivity contribution in [2.24, 2.45) is 0 Å². The fourth-order valence-electron chi connectivity index (χ4n) is 6.84. The third-order valence-corrected chi connectivity index (χ3v) is 9.47. The lowest BCUT2D eigenvalue weighted by Gasteiger charge is -2.06. The minimum absolute atomic E-state index is 0.655. The number of hydrogen-bond donors (Lipinski definition) is 2. The van der Waals surface area contributed by atoms with Crippen LogP contribution in [0, 0.1) is 11.3 Å². The smallest absolute Gasteiger partial charge is 0.0991 e. The summed E-state index contributed by atoms with van der Waals surface area (Å²) >= 11 is 0. The summed E-state index contributed by atoms with van der Waals surface area (Å²) in [4.78, 5) is 18.3. The van der Waals surface area contributed by atoms with Crippen molar-refractivity contribution in [1.29, 1.82) is 5.26 Å². The highest BCUT2D eigenvalue weighted by molar-refractivity contribution is 5.94. The Morgan fingerprint density at radius 3 is 1.34 bits per heavy atom. The van der Waals surface area contributed by atoms with Crippen LogP contribution in [-0.4, -0.2) is 19.9 Å². The third kappa shape index (κ3) is 7.18. The second-order valence-electron chi connectivity index (χ2n) is 12.9. The van der Waals surface area contributed by atoms with Crippen molar-refractivity contribution in [2.75, 3.05) is 0 Å². The number of benzene rings is 1. The molecule has 47 heavy (non-hydrogen) atoms. The summed E-state index contributed by atoms with van der Waals surface area (Å²) in [6, 6.07) is 19.0. The fraction of sp³-hybridized carbons (Fsp3) is 0.357. The van der Waals surface area contributed by atoms with Crippen LogP contribution in [0.5, 0.6) is 0 Å². The highest BCUT2D eigenvalue weighted by Gasteiger charge is 2.17. The second-order valence-corrected chi connectivity index (χ2v) is 12.9. The van der Waals surface area contributed by atoms with E-state index in [2.05, 4.69) is 97.5 Å². The largest absolute Gasteiger partial charge is 0.355 e. The van der Waals surface area contributed by atoms with Gasteiger partial charge in [-0.2, -0.15) is 5.26 Å². The number of hydrogen-bond acceptors (Lipinski definition) is 3. The molecule has 0 saturated heterocycles. The molecule has 2 N–H and O–H groups in total. The van der Waals surface area contributed by atoms with Gasteiger partial charge in [0.1, 0.15) is 0 Å². The number of aromatic amines is 2. The Hall–Kier alpha value is -4.69. The fourth-order valence-corrected chi connectivity index (χ4v) is 6.84. The van der Waals surface area contributed by atoms with Crippen LogP contribution in [0.15, 0.2) is 48.5 Å². The summed E-state index contributed by atoms with van der Waals surface area (Å²) in [5.74, 6) is 0. The first-order valence-electron chi connectivity index (χ1n) is 17.8. The first-order valence-corrected chi connectivity index (χ1v) is 17.8. The Balaban J connectivity index is 1.69. The van der Waals surface area contributed by atoms with Crippen molar-refractivity contribution in [3.8, 4) is 17.2 Å². The third-order valence-electron chi connectivity index (χ3n) is 9.47. The number of nitriles is 1. The van der Waals surface area contributed by atoms with Gasteiger partial charge in [-0.25, -0.2) is 9.97 Å². The molecule has 5 heteroatoms. The van der Waals surface area contributed by atoms with Crippen molar-refractivity contribution in [3.05, 3.63) is 93.6 Å². The SMILES string of the molecule is CCCCCc1c2nc(c(CCCCC)c3ccc([nH]3)c(-c3ccc(C#N)cc3)c3ccc([nH]3)c(CCCCC)c3nc1C=C3)C=C2. The van der Waals surface area contributed by atoms with Crippen LogP contribution in [0.1, 0.15) is 124 Å². The minimum atomic E-state index is 0.655. The zero-order valence-electron chi connectivity index (χ0n) is 28.3. The van der Waals surface area contributed by atoms with Gasteiger partial charge in [-0.15, -0.1) is 0 Å². The van der Waals surface area contributed by atoms with Crippen molar-refractivity contribution in [1.82, 2.24) is 19.9 Å². The molecule has 6 rings (SSSR count). The summed E-state index contributed by atoms with van der Waals surface area (Å²) in [7, 11) is 0. The lowest BCUT2D eigenvalue weighted by atomic mass is 10.0. The van der Waals surface area contributed by atoms with E-state index in [1.54, 1.807) is 0 Å². The molecule has 3 aromatic heterocycles. The van der Waals surface area contributed by atoms with Gasteiger partial charge >= 0.3 is 0 Å². The lowest BCUT2D eigenvalue weighted by Crippen LogP contribution is -1.97.